The summed E-state index contributed by atoms with van der Waals surface area (Å²) in [6.45, 7) is 2.92. The summed E-state index contributed by atoms with van der Waals surface area (Å²) in [5, 5.41) is 17.1. The Labute approximate surface area is 105 Å². The molecule has 1 fully saturated rings. The SMILES string of the molecule is CC1NCCCC1Nc1c(F)cccc1[N+](=O)[O-]. The van der Waals surface area contributed by atoms with Crippen LogP contribution in [-0.2, 0) is 0 Å². The Kier molecular flexibility index (Phi) is 3.76. The van der Waals surface area contributed by atoms with Crippen LogP contribution in [0.25, 0.3) is 0 Å². The molecule has 1 saturated heterocycles. The Morgan fingerprint density at radius 2 is 2.33 bits per heavy atom. The number of halogens is 1. The summed E-state index contributed by atoms with van der Waals surface area (Å²) in [4.78, 5) is 10.3. The lowest BCUT2D eigenvalue weighted by Gasteiger charge is -2.31. The third-order valence-corrected chi connectivity index (χ3v) is 3.28. The van der Waals surface area contributed by atoms with Gasteiger partial charge in [-0.2, -0.15) is 0 Å². The fourth-order valence-electron chi connectivity index (χ4n) is 2.23. The van der Waals surface area contributed by atoms with E-state index in [0.717, 1.165) is 19.4 Å². The first kappa shape index (κ1) is 12.8. The number of benzene rings is 1. The van der Waals surface area contributed by atoms with Crippen molar-refractivity contribution < 1.29 is 9.31 Å². The molecule has 1 aromatic rings. The fraction of sp³-hybridized carbons (Fsp3) is 0.500. The van der Waals surface area contributed by atoms with Crippen LogP contribution in [0.3, 0.4) is 0 Å². The van der Waals surface area contributed by atoms with E-state index in [0.29, 0.717) is 0 Å². The van der Waals surface area contributed by atoms with Gasteiger partial charge in [-0.05, 0) is 32.4 Å². The average Bonchev–Trinajstić information content (AvgIpc) is 2.34. The van der Waals surface area contributed by atoms with Gasteiger partial charge in [-0.1, -0.05) is 6.07 Å². The zero-order valence-electron chi connectivity index (χ0n) is 10.1. The number of nitro groups is 1. The van der Waals surface area contributed by atoms with Crippen molar-refractivity contribution in [1.82, 2.24) is 5.32 Å². The molecule has 2 rings (SSSR count). The van der Waals surface area contributed by atoms with Crippen LogP contribution in [0.2, 0.25) is 0 Å². The quantitative estimate of drug-likeness (QED) is 0.640. The number of para-hydroxylation sites is 1. The molecule has 1 aromatic carbocycles. The summed E-state index contributed by atoms with van der Waals surface area (Å²) in [5.74, 6) is -0.582. The lowest BCUT2D eigenvalue weighted by Crippen LogP contribution is -2.46. The monoisotopic (exact) mass is 253 g/mol. The Hall–Kier alpha value is -1.69. The van der Waals surface area contributed by atoms with Crippen LogP contribution in [0, 0.1) is 15.9 Å². The molecule has 1 aliphatic rings. The van der Waals surface area contributed by atoms with Gasteiger partial charge in [-0.25, -0.2) is 4.39 Å². The molecule has 2 N–H and O–H groups in total. The molecule has 5 nitrogen and oxygen atoms in total. The molecule has 0 aromatic heterocycles. The number of hydrogen-bond donors (Lipinski definition) is 2. The van der Waals surface area contributed by atoms with Gasteiger partial charge in [-0.15, -0.1) is 0 Å². The molecule has 1 aliphatic heterocycles. The van der Waals surface area contributed by atoms with E-state index in [1.54, 1.807) is 0 Å². The Morgan fingerprint density at radius 3 is 3.00 bits per heavy atom. The highest BCUT2D eigenvalue weighted by Gasteiger charge is 2.25. The van der Waals surface area contributed by atoms with Crippen molar-refractivity contribution in [3.05, 3.63) is 34.1 Å². The number of rotatable bonds is 3. The van der Waals surface area contributed by atoms with Crippen LogP contribution in [0.4, 0.5) is 15.8 Å². The van der Waals surface area contributed by atoms with Gasteiger partial charge in [0.1, 0.15) is 5.69 Å². The van der Waals surface area contributed by atoms with Crippen molar-refractivity contribution in [3.8, 4) is 0 Å². The molecule has 2 unspecified atom stereocenters. The van der Waals surface area contributed by atoms with E-state index in [1.165, 1.54) is 18.2 Å². The van der Waals surface area contributed by atoms with Gasteiger partial charge in [-0.3, -0.25) is 10.1 Å². The van der Waals surface area contributed by atoms with Crippen molar-refractivity contribution in [3.63, 3.8) is 0 Å². The first-order valence-electron chi connectivity index (χ1n) is 6.02. The molecule has 1 heterocycles. The molecule has 6 heteroatoms. The largest absolute Gasteiger partial charge is 0.373 e. The number of nitrogens with one attached hydrogen (secondary N) is 2. The van der Waals surface area contributed by atoms with Crippen molar-refractivity contribution in [2.75, 3.05) is 11.9 Å². The van der Waals surface area contributed by atoms with Crippen LogP contribution >= 0.6 is 0 Å². The van der Waals surface area contributed by atoms with E-state index in [1.807, 2.05) is 6.92 Å². The summed E-state index contributed by atoms with van der Waals surface area (Å²) >= 11 is 0. The third kappa shape index (κ3) is 2.59. The summed E-state index contributed by atoms with van der Waals surface area (Å²) in [6.07, 6.45) is 1.85. The van der Waals surface area contributed by atoms with Crippen molar-refractivity contribution in [2.45, 2.75) is 31.8 Å². The average molecular weight is 253 g/mol. The van der Waals surface area contributed by atoms with Gasteiger partial charge >= 0.3 is 0 Å². The van der Waals surface area contributed by atoms with E-state index in [4.69, 9.17) is 0 Å². The standard InChI is InChI=1S/C12H16FN3O2/c1-8-10(5-3-7-14-8)15-12-9(13)4-2-6-11(12)16(17)18/h2,4,6,8,10,14-15H,3,5,7H2,1H3. The second-order valence-corrected chi connectivity index (χ2v) is 4.53. The second kappa shape index (κ2) is 5.30. The Morgan fingerprint density at radius 1 is 1.56 bits per heavy atom. The molecule has 2 atom stereocenters. The smallest absolute Gasteiger partial charge is 0.295 e. The normalized spacial score (nSPS) is 23.7. The van der Waals surface area contributed by atoms with Gasteiger partial charge in [0.25, 0.3) is 5.69 Å². The Balaban J connectivity index is 2.24. The highest BCUT2D eigenvalue weighted by molar-refractivity contribution is 5.62. The molecule has 0 aliphatic carbocycles. The van der Waals surface area contributed by atoms with Crippen LogP contribution < -0.4 is 10.6 Å². The lowest BCUT2D eigenvalue weighted by molar-refractivity contribution is -0.384. The highest BCUT2D eigenvalue weighted by Crippen LogP contribution is 2.29. The van der Waals surface area contributed by atoms with Gasteiger partial charge < -0.3 is 10.6 Å². The Bertz CT molecular complexity index is 453. The molecule has 0 saturated carbocycles. The first-order chi connectivity index (χ1) is 8.59. The molecule has 98 valence electrons. The number of nitro benzene ring substituents is 1. The summed E-state index contributed by atoms with van der Waals surface area (Å²) in [5.41, 5.74) is -0.226. The zero-order valence-corrected chi connectivity index (χ0v) is 10.1. The molecular weight excluding hydrogens is 237 g/mol. The highest BCUT2D eigenvalue weighted by atomic mass is 19.1. The maximum atomic E-state index is 13.7. The number of anilines is 1. The minimum atomic E-state index is -0.582. The van der Waals surface area contributed by atoms with Crippen LogP contribution in [0.15, 0.2) is 18.2 Å². The van der Waals surface area contributed by atoms with E-state index < -0.39 is 10.7 Å². The second-order valence-electron chi connectivity index (χ2n) is 4.53. The minimum Gasteiger partial charge on any atom is -0.373 e. The molecule has 0 amide bonds. The summed E-state index contributed by atoms with van der Waals surface area (Å²) < 4.78 is 13.7. The fourth-order valence-corrected chi connectivity index (χ4v) is 2.23. The van der Waals surface area contributed by atoms with E-state index in [9.17, 15) is 14.5 Å². The predicted molar refractivity (Wildman–Crippen MR) is 67.2 cm³/mol. The summed E-state index contributed by atoms with van der Waals surface area (Å²) in [7, 11) is 0. The van der Waals surface area contributed by atoms with Crippen molar-refractivity contribution >= 4 is 11.4 Å². The van der Waals surface area contributed by atoms with Gasteiger partial charge in [0.2, 0.25) is 0 Å². The zero-order chi connectivity index (χ0) is 13.1. The lowest BCUT2D eigenvalue weighted by atomic mass is 9.99. The summed E-state index contributed by atoms with van der Waals surface area (Å²) in [6, 6.07) is 4.07. The predicted octanol–water partition coefficient (Wildman–Crippen LogP) is 2.29. The maximum Gasteiger partial charge on any atom is 0.295 e. The molecule has 18 heavy (non-hydrogen) atoms. The first-order valence-corrected chi connectivity index (χ1v) is 6.02. The van der Waals surface area contributed by atoms with Crippen LogP contribution in [0.1, 0.15) is 19.8 Å². The van der Waals surface area contributed by atoms with Gasteiger partial charge in [0.05, 0.1) is 4.92 Å². The molecule has 0 bridgehead atoms. The van der Waals surface area contributed by atoms with E-state index in [2.05, 4.69) is 10.6 Å². The van der Waals surface area contributed by atoms with Gasteiger partial charge in [0, 0.05) is 18.2 Å². The van der Waals surface area contributed by atoms with Crippen molar-refractivity contribution in [2.24, 2.45) is 0 Å². The maximum absolute atomic E-state index is 13.7. The van der Waals surface area contributed by atoms with E-state index in [-0.39, 0.29) is 23.5 Å². The number of nitrogens with zero attached hydrogens (tertiary/aromatic N) is 1. The molecular formula is C12H16FN3O2. The molecule has 0 spiro atoms. The van der Waals surface area contributed by atoms with Crippen LogP contribution in [-0.4, -0.2) is 23.6 Å². The third-order valence-electron chi connectivity index (χ3n) is 3.28. The minimum absolute atomic E-state index is 0.00866. The van der Waals surface area contributed by atoms with Crippen molar-refractivity contribution in [1.29, 1.82) is 0 Å². The number of hydrogen-bond acceptors (Lipinski definition) is 4. The van der Waals surface area contributed by atoms with E-state index >= 15 is 0 Å². The van der Waals surface area contributed by atoms with Gasteiger partial charge in [0.15, 0.2) is 5.82 Å². The van der Waals surface area contributed by atoms with Crippen LogP contribution in [0.5, 0.6) is 0 Å². The topological polar surface area (TPSA) is 67.2 Å². The number of piperidine rings is 1. The molecule has 0 radical (unpaired) electrons.